The standard InChI is InChI=1S/C6H6N4OS/c7-9-5(11)4-3-10-1-2-12-6(10)8-4/h1-3H,7H2,(H,9,11). The Labute approximate surface area is 71.8 Å². The third kappa shape index (κ3) is 0.973. The van der Waals surface area contributed by atoms with Gasteiger partial charge in [-0.15, -0.1) is 11.3 Å². The van der Waals surface area contributed by atoms with Gasteiger partial charge in [0.25, 0.3) is 5.91 Å². The summed E-state index contributed by atoms with van der Waals surface area (Å²) < 4.78 is 1.77. The number of rotatable bonds is 1. The van der Waals surface area contributed by atoms with Crippen molar-refractivity contribution in [3.8, 4) is 0 Å². The van der Waals surface area contributed by atoms with E-state index in [0.29, 0.717) is 5.69 Å². The molecule has 2 rings (SSSR count). The molecular weight excluding hydrogens is 176 g/mol. The Kier molecular flexibility index (Phi) is 1.56. The molecule has 2 heterocycles. The average Bonchev–Trinajstić information content (AvgIpc) is 2.60. The number of hydrogen-bond donors (Lipinski definition) is 2. The van der Waals surface area contributed by atoms with Crippen LogP contribution in [-0.4, -0.2) is 15.3 Å². The van der Waals surface area contributed by atoms with Crippen molar-refractivity contribution in [3.63, 3.8) is 0 Å². The van der Waals surface area contributed by atoms with Crippen molar-refractivity contribution in [2.24, 2.45) is 5.84 Å². The Morgan fingerprint density at radius 3 is 3.25 bits per heavy atom. The van der Waals surface area contributed by atoms with Gasteiger partial charge in [-0.1, -0.05) is 0 Å². The van der Waals surface area contributed by atoms with Gasteiger partial charge in [-0.05, 0) is 0 Å². The molecule has 0 saturated heterocycles. The van der Waals surface area contributed by atoms with Gasteiger partial charge in [0.2, 0.25) is 0 Å². The molecule has 0 spiro atoms. The van der Waals surface area contributed by atoms with Gasteiger partial charge in [0.05, 0.1) is 0 Å². The highest BCUT2D eigenvalue weighted by Crippen LogP contribution is 2.10. The molecule has 0 aromatic carbocycles. The monoisotopic (exact) mass is 182 g/mol. The van der Waals surface area contributed by atoms with Crippen LogP contribution in [0.3, 0.4) is 0 Å². The summed E-state index contributed by atoms with van der Waals surface area (Å²) in [5.41, 5.74) is 2.36. The first-order chi connectivity index (χ1) is 5.81. The molecule has 3 N–H and O–H groups in total. The van der Waals surface area contributed by atoms with E-state index in [1.807, 2.05) is 17.0 Å². The lowest BCUT2D eigenvalue weighted by Gasteiger charge is -1.90. The van der Waals surface area contributed by atoms with Crippen molar-refractivity contribution >= 4 is 22.2 Å². The summed E-state index contributed by atoms with van der Waals surface area (Å²) in [4.78, 5) is 15.8. The quantitative estimate of drug-likeness (QED) is 0.370. The Balaban J connectivity index is 2.51. The number of nitrogens with zero attached hydrogens (tertiary/aromatic N) is 2. The maximum atomic E-state index is 11.0. The number of fused-ring (bicyclic) bond motifs is 1. The molecule has 0 radical (unpaired) electrons. The molecule has 2 aromatic heterocycles. The van der Waals surface area contributed by atoms with E-state index in [9.17, 15) is 4.79 Å². The van der Waals surface area contributed by atoms with Crippen molar-refractivity contribution in [1.82, 2.24) is 14.8 Å². The highest BCUT2D eigenvalue weighted by atomic mass is 32.1. The molecule has 0 atom stereocenters. The van der Waals surface area contributed by atoms with Crippen LogP contribution >= 0.6 is 11.3 Å². The summed E-state index contributed by atoms with van der Waals surface area (Å²) in [5.74, 6) is 4.58. The van der Waals surface area contributed by atoms with Crippen LogP contribution in [0.2, 0.25) is 0 Å². The Morgan fingerprint density at radius 2 is 2.58 bits per heavy atom. The summed E-state index contributed by atoms with van der Waals surface area (Å²) in [6, 6.07) is 0. The number of nitrogen functional groups attached to an aromatic ring is 1. The molecule has 12 heavy (non-hydrogen) atoms. The van der Waals surface area contributed by atoms with Crippen LogP contribution in [0.1, 0.15) is 10.5 Å². The lowest BCUT2D eigenvalue weighted by atomic mass is 10.5. The van der Waals surface area contributed by atoms with Crippen LogP contribution in [0.25, 0.3) is 4.96 Å². The van der Waals surface area contributed by atoms with Crippen LogP contribution in [0.5, 0.6) is 0 Å². The van der Waals surface area contributed by atoms with E-state index in [1.165, 1.54) is 11.3 Å². The van der Waals surface area contributed by atoms with Gasteiger partial charge in [0.1, 0.15) is 5.69 Å². The first-order valence-electron chi connectivity index (χ1n) is 3.24. The second-order valence-corrected chi connectivity index (χ2v) is 3.07. The van der Waals surface area contributed by atoms with Crippen LogP contribution in [0, 0.1) is 0 Å². The van der Waals surface area contributed by atoms with E-state index in [0.717, 1.165) is 4.96 Å². The number of nitrogens with two attached hydrogens (primary N) is 1. The summed E-state index contributed by atoms with van der Waals surface area (Å²) in [6.45, 7) is 0. The van der Waals surface area contributed by atoms with Gasteiger partial charge in [0.15, 0.2) is 4.96 Å². The lowest BCUT2D eigenvalue weighted by molar-refractivity contribution is 0.0949. The van der Waals surface area contributed by atoms with Crippen molar-refractivity contribution in [3.05, 3.63) is 23.5 Å². The van der Waals surface area contributed by atoms with Gasteiger partial charge in [0, 0.05) is 17.8 Å². The summed E-state index contributed by atoms with van der Waals surface area (Å²) in [7, 11) is 0. The maximum absolute atomic E-state index is 11.0. The van der Waals surface area contributed by atoms with E-state index >= 15 is 0 Å². The zero-order valence-corrected chi connectivity index (χ0v) is 6.84. The molecule has 5 nitrogen and oxygen atoms in total. The van der Waals surface area contributed by atoms with Gasteiger partial charge in [-0.3, -0.25) is 14.6 Å². The number of nitrogens with one attached hydrogen (secondary N) is 1. The molecular formula is C6H6N4OS. The zero-order valence-electron chi connectivity index (χ0n) is 6.02. The smallest absolute Gasteiger partial charge is 0.285 e. The Morgan fingerprint density at radius 1 is 1.75 bits per heavy atom. The van der Waals surface area contributed by atoms with Crippen LogP contribution in [0.15, 0.2) is 17.8 Å². The van der Waals surface area contributed by atoms with Crippen molar-refractivity contribution in [2.45, 2.75) is 0 Å². The van der Waals surface area contributed by atoms with Gasteiger partial charge in [-0.2, -0.15) is 0 Å². The fraction of sp³-hybridized carbons (Fsp3) is 0. The number of hydrazine groups is 1. The van der Waals surface area contributed by atoms with Crippen molar-refractivity contribution < 1.29 is 4.79 Å². The number of thiazole rings is 1. The predicted molar refractivity (Wildman–Crippen MR) is 44.7 cm³/mol. The topological polar surface area (TPSA) is 72.4 Å². The molecule has 6 heteroatoms. The molecule has 62 valence electrons. The first-order valence-corrected chi connectivity index (χ1v) is 4.12. The molecule has 0 unspecified atom stereocenters. The fourth-order valence-electron chi connectivity index (χ4n) is 0.911. The minimum atomic E-state index is -0.370. The fourth-order valence-corrected chi connectivity index (χ4v) is 1.61. The molecule has 0 saturated carbocycles. The molecule has 0 aliphatic carbocycles. The minimum absolute atomic E-state index is 0.337. The van der Waals surface area contributed by atoms with Crippen LogP contribution in [0.4, 0.5) is 0 Å². The van der Waals surface area contributed by atoms with E-state index < -0.39 is 0 Å². The molecule has 0 aliphatic heterocycles. The normalized spacial score (nSPS) is 10.4. The van der Waals surface area contributed by atoms with E-state index in [1.54, 1.807) is 10.6 Å². The van der Waals surface area contributed by atoms with E-state index in [2.05, 4.69) is 4.98 Å². The number of carbonyl (C=O) groups is 1. The minimum Gasteiger partial charge on any atom is -0.297 e. The molecule has 2 aromatic rings. The molecule has 0 aliphatic rings. The lowest BCUT2D eigenvalue weighted by Crippen LogP contribution is -2.30. The van der Waals surface area contributed by atoms with E-state index in [-0.39, 0.29) is 5.91 Å². The van der Waals surface area contributed by atoms with E-state index in [4.69, 9.17) is 5.84 Å². The Hall–Kier alpha value is -1.40. The predicted octanol–water partition coefficient (Wildman–Crippen LogP) is -0.000700. The number of carbonyl (C=O) groups excluding carboxylic acids is 1. The Bertz CT molecular complexity index is 389. The van der Waals surface area contributed by atoms with Gasteiger partial charge in [-0.25, -0.2) is 10.8 Å². The first kappa shape index (κ1) is 7.26. The SMILES string of the molecule is NNC(=O)c1cn2ccsc2n1. The highest BCUT2D eigenvalue weighted by Gasteiger charge is 2.08. The second kappa shape index (κ2) is 2.58. The molecule has 1 amide bonds. The number of hydrogen-bond acceptors (Lipinski definition) is 4. The third-order valence-corrected chi connectivity index (χ3v) is 2.23. The second-order valence-electron chi connectivity index (χ2n) is 2.19. The van der Waals surface area contributed by atoms with Crippen LogP contribution in [-0.2, 0) is 0 Å². The van der Waals surface area contributed by atoms with Gasteiger partial charge >= 0.3 is 0 Å². The van der Waals surface area contributed by atoms with Crippen molar-refractivity contribution in [2.75, 3.05) is 0 Å². The number of imidazole rings is 1. The average molecular weight is 182 g/mol. The number of aromatic nitrogens is 2. The largest absolute Gasteiger partial charge is 0.297 e. The van der Waals surface area contributed by atoms with Crippen LogP contribution < -0.4 is 11.3 Å². The molecule has 0 bridgehead atoms. The summed E-state index contributed by atoms with van der Waals surface area (Å²) in [6.07, 6.45) is 3.47. The van der Waals surface area contributed by atoms with Gasteiger partial charge < -0.3 is 0 Å². The number of amides is 1. The maximum Gasteiger partial charge on any atom is 0.285 e. The zero-order chi connectivity index (χ0) is 8.55. The van der Waals surface area contributed by atoms with Crippen molar-refractivity contribution in [1.29, 1.82) is 0 Å². The third-order valence-electron chi connectivity index (χ3n) is 1.46. The summed E-state index contributed by atoms with van der Waals surface area (Å²) >= 11 is 1.47. The molecule has 0 fully saturated rings. The highest BCUT2D eigenvalue weighted by molar-refractivity contribution is 7.15. The summed E-state index contributed by atoms with van der Waals surface area (Å²) in [5, 5.41) is 1.90.